The SMILES string of the molecule is O=Nc1cc(OC(F)(F)F)ccc1Cl. The fourth-order valence-electron chi connectivity index (χ4n) is 0.760. The summed E-state index contributed by atoms with van der Waals surface area (Å²) in [6, 6.07) is 2.90. The highest BCUT2D eigenvalue weighted by atomic mass is 35.5. The molecule has 0 spiro atoms. The molecule has 1 rings (SSSR count). The second-order valence-corrected chi connectivity index (χ2v) is 2.66. The van der Waals surface area contributed by atoms with Gasteiger partial charge in [0.1, 0.15) is 11.4 Å². The first-order valence-corrected chi connectivity index (χ1v) is 3.69. The van der Waals surface area contributed by atoms with Gasteiger partial charge in [-0.1, -0.05) is 11.6 Å². The molecule has 0 amide bonds. The van der Waals surface area contributed by atoms with E-state index in [1.54, 1.807) is 0 Å². The average Bonchev–Trinajstić information content (AvgIpc) is 2.06. The molecule has 0 N–H and O–H groups in total. The number of nitroso groups, excluding NO2 is 1. The van der Waals surface area contributed by atoms with Gasteiger partial charge in [-0.25, -0.2) is 0 Å². The minimum absolute atomic E-state index is 0.0328. The molecule has 0 aliphatic heterocycles. The van der Waals surface area contributed by atoms with Crippen LogP contribution in [-0.4, -0.2) is 6.36 Å². The lowest BCUT2D eigenvalue weighted by molar-refractivity contribution is -0.274. The molecule has 0 atom stereocenters. The highest BCUT2D eigenvalue weighted by molar-refractivity contribution is 6.33. The van der Waals surface area contributed by atoms with Crippen LogP contribution < -0.4 is 4.74 Å². The maximum absolute atomic E-state index is 11.7. The van der Waals surface area contributed by atoms with E-state index in [1.807, 2.05) is 0 Å². The Labute approximate surface area is 81.4 Å². The summed E-state index contributed by atoms with van der Waals surface area (Å²) in [6.45, 7) is 0. The van der Waals surface area contributed by atoms with E-state index in [9.17, 15) is 18.1 Å². The van der Waals surface area contributed by atoms with Crippen LogP contribution in [0.1, 0.15) is 0 Å². The molecule has 0 unspecified atom stereocenters. The van der Waals surface area contributed by atoms with Gasteiger partial charge in [0.15, 0.2) is 0 Å². The Morgan fingerprint density at radius 2 is 2.00 bits per heavy atom. The first-order chi connectivity index (χ1) is 6.42. The van der Waals surface area contributed by atoms with Crippen LogP contribution in [0.5, 0.6) is 5.75 Å². The molecule has 0 aliphatic carbocycles. The van der Waals surface area contributed by atoms with Crippen LogP contribution in [0, 0.1) is 4.91 Å². The Morgan fingerprint density at radius 3 is 2.50 bits per heavy atom. The molecular weight excluding hydrogens is 223 g/mol. The Kier molecular flexibility index (Phi) is 2.95. The van der Waals surface area contributed by atoms with Crippen molar-refractivity contribution in [1.29, 1.82) is 0 Å². The molecule has 0 heterocycles. The van der Waals surface area contributed by atoms with Crippen molar-refractivity contribution in [3.05, 3.63) is 28.1 Å². The third-order valence-electron chi connectivity index (χ3n) is 1.25. The molecule has 0 fully saturated rings. The minimum atomic E-state index is -4.80. The van der Waals surface area contributed by atoms with Crippen molar-refractivity contribution < 1.29 is 17.9 Å². The number of hydrogen-bond donors (Lipinski definition) is 0. The van der Waals surface area contributed by atoms with Crippen molar-refractivity contribution in [2.75, 3.05) is 0 Å². The molecule has 0 radical (unpaired) electrons. The van der Waals surface area contributed by atoms with E-state index in [1.165, 1.54) is 0 Å². The molecule has 76 valence electrons. The number of alkyl halides is 3. The third kappa shape index (κ3) is 2.88. The van der Waals surface area contributed by atoms with Crippen LogP contribution in [0.15, 0.2) is 23.4 Å². The molecule has 1 aromatic carbocycles. The number of benzene rings is 1. The lowest BCUT2D eigenvalue weighted by Crippen LogP contribution is -2.16. The fourth-order valence-corrected chi connectivity index (χ4v) is 0.912. The van der Waals surface area contributed by atoms with Crippen LogP contribution in [0.25, 0.3) is 0 Å². The predicted molar refractivity (Wildman–Crippen MR) is 43.6 cm³/mol. The molecule has 1 aromatic rings. The van der Waals surface area contributed by atoms with Gasteiger partial charge in [-0.05, 0) is 17.3 Å². The molecule has 3 nitrogen and oxygen atoms in total. The lowest BCUT2D eigenvalue weighted by atomic mass is 10.3. The van der Waals surface area contributed by atoms with Crippen molar-refractivity contribution in [2.24, 2.45) is 5.18 Å². The van der Waals surface area contributed by atoms with E-state index in [2.05, 4.69) is 9.91 Å². The zero-order valence-electron chi connectivity index (χ0n) is 6.51. The Hall–Kier alpha value is -1.30. The summed E-state index contributed by atoms with van der Waals surface area (Å²) in [5.74, 6) is -0.531. The highest BCUT2D eigenvalue weighted by Crippen LogP contribution is 2.31. The maximum Gasteiger partial charge on any atom is 0.573 e. The number of halogens is 4. The van der Waals surface area contributed by atoms with Gasteiger partial charge in [0.25, 0.3) is 0 Å². The standard InChI is InChI=1S/C7H3ClF3NO2/c8-5-2-1-4(3-6(5)12-13)14-7(9,10)11/h1-3H. The van der Waals surface area contributed by atoms with Crippen LogP contribution in [-0.2, 0) is 0 Å². The summed E-state index contributed by atoms with van der Waals surface area (Å²) in [5.41, 5.74) is -0.298. The van der Waals surface area contributed by atoms with E-state index >= 15 is 0 Å². The van der Waals surface area contributed by atoms with Gasteiger partial charge in [0.05, 0.1) is 5.02 Å². The molecular formula is C7H3ClF3NO2. The second kappa shape index (κ2) is 3.83. The van der Waals surface area contributed by atoms with Gasteiger partial charge in [-0.2, -0.15) is 0 Å². The van der Waals surface area contributed by atoms with Gasteiger partial charge in [-0.15, -0.1) is 18.1 Å². The Balaban J connectivity index is 2.95. The zero-order valence-corrected chi connectivity index (χ0v) is 7.26. The lowest BCUT2D eigenvalue weighted by Gasteiger charge is -2.08. The van der Waals surface area contributed by atoms with Crippen LogP contribution >= 0.6 is 11.6 Å². The van der Waals surface area contributed by atoms with Gasteiger partial charge < -0.3 is 4.74 Å². The van der Waals surface area contributed by atoms with Gasteiger partial charge in [0, 0.05) is 6.07 Å². The molecule has 7 heteroatoms. The second-order valence-electron chi connectivity index (χ2n) is 2.25. The summed E-state index contributed by atoms with van der Waals surface area (Å²) in [5, 5.41) is 2.40. The summed E-state index contributed by atoms with van der Waals surface area (Å²) < 4.78 is 38.7. The average molecular weight is 226 g/mol. The van der Waals surface area contributed by atoms with Crippen LogP contribution in [0.2, 0.25) is 5.02 Å². The van der Waals surface area contributed by atoms with E-state index in [-0.39, 0.29) is 10.7 Å². The molecule has 0 aliphatic rings. The Bertz CT molecular complexity index is 353. The number of hydrogen-bond acceptors (Lipinski definition) is 3. The topological polar surface area (TPSA) is 38.7 Å². The number of ether oxygens (including phenoxy) is 1. The zero-order chi connectivity index (χ0) is 10.8. The molecule has 0 bridgehead atoms. The van der Waals surface area contributed by atoms with Gasteiger partial charge >= 0.3 is 6.36 Å². The number of nitrogens with zero attached hydrogens (tertiary/aromatic N) is 1. The molecule has 0 saturated carbocycles. The van der Waals surface area contributed by atoms with Crippen molar-refractivity contribution >= 4 is 17.3 Å². The predicted octanol–water partition coefficient (Wildman–Crippen LogP) is 3.64. The summed E-state index contributed by atoms with van der Waals surface area (Å²) >= 11 is 5.44. The van der Waals surface area contributed by atoms with Crippen molar-refractivity contribution in [1.82, 2.24) is 0 Å². The van der Waals surface area contributed by atoms with E-state index in [0.717, 1.165) is 18.2 Å². The van der Waals surface area contributed by atoms with Crippen molar-refractivity contribution in [3.8, 4) is 5.75 Å². The summed E-state index contributed by atoms with van der Waals surface area (Å²) in [6.07, 6.45) is -4.80. The number of rotatable bonds is 2. The summed E-state index contributed by atoms with van der Waals surface area (Å²) in [4.78, 5) is 10.1. The monoisotopic (exact) mass is 225 g/mol. The normalized spacial score (nSPS) is 11.1. The third-order valence-corrected chi connectivity index (χ3v) is 1.57. The van der Waals surface area contributed by atoms with Crippen molar-refractivity contribution in [2.45, 2.75) is 6.36 Å². The van der Waals surface area contributed by atoms with E-state index < -0.39 is 12.1 Å². The quantitative estimate of drug-likeness (QED) is 0.721. The largest absolute Gasteiger partial charge is 0.573 e. The molecule has 0 saturated heterocycles. The van der Waals surface area contributed by atoms with Crippen molar-refractivity contribution in [3.63, 3.8) is 0 Å². The fraction of sp³-hybridized carbons (Fsp3) is 0.143. The van der Waals surface area contributed by atoms with Crippen LogP contribution in [0.3, 0.4) is 0 Å². The minimum Gasteiger partial charge on any atom is -0.406 e. The first-order valence-electron chi connectivity index (χ1n) is 3.31. The first kappa shape index (κ1) is 10.8. The van der Waals surface area contributed by atoms with Gasteiger partial charge in [-0.3, -0.25) is 0 Å². The smallest absolute Gasteiger partial charge is 0.406 e. The highest BCUT2D eigenvalue weighted by Gasteiger charge is 2.31. The summed E-state index contributed by atoms with van der Waals surface area (Å²) in [7, 11) is 0. The van der Waals surface area contributed by atoms with E-state index in [4.69, 9.17) is 11.6 Å². The maximum atomic E-state index is 11.7. The van der Waals surface area contributed by atoms with E-state index in [0.29, 0.717) is 0 Å². The molecule has 0 aromatic heterocycles. The Morgan fingerprint density at radius 1 is 1.36 bits per heavy atom. The van der Waals surface area contributed by atoms with Gasteiger partial charge in [0.2, 0.25) is 0 Å². The van der Waals surface area contributed by atoms with Crippen LogP contribution in [0.4, 0.5) is 18.9 Å². The molecule has 14 heavy (non-hydrogen) atoms.